The Kier molecular flexibility index (Phi) is 3.92. The Bertz CT molecular complexity index is 483. The van der Waals surface area contributed by atoms with E-state index in [-0.39, 0.29) is 12.1 Å². The highest BCUT2D eigenvalue weighted by Crippen LogP contribution is 2.30. The van der Waals surface area contributed by atoms with Crippen molar-refractivity contribution >= 4 is 23.3 Å². The van der Waals surface area contributed by atoms with Crippen LogP contribution in [0.25, 0.3) is 0 Å². The third-order valence-electron chi connectivity index (χ3n) is 2.67. The fourth-order valence-electron chi connectivity index (χ4n) is 1.71. The topological polar surface area (TPSA) is 38.3 Å². The maximum Gasteiger partial charge on any atom is 0.331 e. The average molecular weight is 266 g/mol. The van der Waals surface area contributed by atoms with E-state index < -0.39 is 0 Å². The molecule has 1 aliphatic rings. The standard InChI is InChI=1S/C14H16ClNO2/c1-9(2)8-16-12-4-3-10(7-11(12)15)13-5-6-14(17)18-13/h3-7,9,13,16H,8H2,1-2H3. The fourth-order valence-corrected chi connectivity index (χ4v) is 1.97. The lowest BCUT2D eigenvalue weighted by Gasteiger charge is -2.13. The van der Waals surface area contributed by atoms with Crippen LogP contribution in [-0.4, -0.2) is 12.5 Å². The van der Waals surface area contributed by atoms with Crippen LogP contribution < -0.4 is 5.32 Å². The molecule has 18 heavy (non-hydrogen) atoms. The SMILES string of the molecule is CC(C)CNc1ccc(C2C=CC(=O)O2)cc1Cl. The van der Waals surface area contributed by atoms with Gasteiger partial charge in [0.15, 0.2) is 0 Å². The lowest BCUT2D eigenvalue weighted by atomic mass is 10.1. The van der Waals surface area contributed by atoms with Crippen molar-refractivity contribution in [3.63, 3.8) is 0 Å². The third-order valence-corrected chi connectivity index (χ3v) is 2.99. The first-order valence-corrected chi connectivity index (χ1v) is 6.36. The molecule has 1 heterocycles. The van der Waals surface area contributed by atoms with Gasteiger partial charge in [-0.2, -0.15) is 0 Å². The van der Waals surface area contributed by atoms with Crippen LogP contribution in [0, 0.1) is 5.92 Å². The number of benzene rings is 1. The van der Waals surface area contributed by atoms with Crippen molar-refractivity contribution in [2.45, 2.75) is 20.0 Å². The molecule has 1 aliphatic heterocycles. The number of hydrogen-bond donors (Lipinski definition) is 1. The van der Waals surface area contributed by atoms with E-state index >= 15 is 0 Å². The summed E-state index contributed by atoms with van der Waals surface area (Å²) in [4.78, 5) is 11.0. The molecule has 3 nitrogen and oxygen atoms in total. The summed E-state index contributed by atoms with van der Waals surface area (Å²) < 4.78 is 5.11. The van der Waals surface area contributed by atoms with Gasteiger partial charge in [-0.15, -0.1) is 0 Å². The van der Waals surface area contributed by atoms with Crippen LogP contribution in [0.15, 0.2) is 30.4 Å². The Hall–Kier alpha value is -1.48. The second-order valence-corrected chi connectivity index (χ2v) is 5.14. The second-order valence-electron chi connectivity index (χ2n) is 4.73. The van der Waals surface area contributed by atoms with E-state index in [9.17, 15) is 4.79 Å². The van der Waals surface area contributed by atoms with Crippen molar-refractivity contribution in [3.05, 3.63) is 40.9 Å². The minimum atomic E-state index is -0.311. The predicted octanol–water partition coefficient (Wildman–Crippen LogP) is 3.56. The van der Waals surface area contributed by atoms with Gasteiger partial charge in [0.2, 0.25) is 0 Å². The van der Waals surface area contributed by atoms with Gasteiger partial charge in [0, 0.05) is 12.6 Å². The molecule has 2 rings (SSSR count). The molecule has 1 N–H and O–H groups in total. The Morgan fingerprint density at radius 2 is 2.22 bits per heavy atom. The molecule has 0 radical (unpaired) electrons. The average Bonchev–Trinajstić information content (AvgIpc) is 2.74. The summed E-state index contributed by atoms with van der Waals surface area (Å²) in [5, 5.41) is 3.92. The fraction of sp³-hybridized carbons (Fsp3) is 0.357. The van der Waals surface area contributed by atoms with Crippen molar-refractivity contribution in [2.24, 2.45) is 5.92 Å². The Morgan fingerprint density at radius 1 is 1.44 bits per heavy atom. The summed E-state index contributed by atoms with van der Waals surface area (Å²) in [5.74, 6) is 0.248. The smallest absolute Gasteiger partial charge is 0.331 e. The van der Waals surface area contributed by atoms with Gasteiger partial charge in [0.1, 0.15) is 6.10 Å². The van der Waals surface area contributed by atoms with Crippen molar-refractivity contribution in [1.29, 1.82) is 0 Å². The minimum Gasteiger partial charge on any atom is -0.450 e. The first kappa shape index (κ1) is 13.0. The van der Waals surface area contributed by atoms with E-state index in [2.05, 4.69) is 19.2 Å². The quantitative estimate of drug-likeness (QED) is 0.846. The van der Waals surface area contributed by atoms with Crippen LogP contribution >= 0.6 is 11.6 Å². The number of nitrogens with one attached hydrogen (secondary N) is 1. The van der Waals surface area contributed by atoms with E-state index in [1.54, 1.807) is 6.08 Å². The molecule has 0 saturated heterocycles. The van der Waals surface area contributed by atoms with Gasteiger partial charge in [0.25, 0.3) is 0 Å². The molecule has 0 spiro atoms. The number of hydrogen-bond acceptors (Lipinski definition) is 3. The Morgan fingerprint density at radius 3 is 2.78 bits per heavy atom. The monoisotopic (exact) mass is 265 g/mol. The maximum absolute atomic E-state index is 11.0. The van der Waals surface area contributed by atoms with Gasteiger partial charge in [-0.25, -0.2) is 4.79 Å². The largest absolute Gasteiger partial charge is 0.450 e. The molecular weight excluding hydrogens is 250 g/mol. The highest BCUT2D eigenvalue weighted by Gasteiger charge is 2.19. The molecule has 0 aromatic heterocycles. The molecular formula is C14H16ClNO2. The first-order chi connectivity index (χ1) is 8.56. The van der Waals surface area contributed by atoms with E-state index in [1.807, 2.05) is 18.2 Å². The number of rotatable bonds is 4. The zero-order valence-electron chi connectivity index (χ0n) is 10.4. The van der Waals surface area contributed by atoms with Gasteiger partial charge in [-0.1, -0.05) is 31.5 Å². The van der Waals surface area contributed by atoms with Gasteiger partial charge in [-0.05, 0) is 29.7 Å². The number of carbonyl (C=O) groups is 1. The van der Waals surface area contributed by atoms with Crippen molar-refractivity contribution in [1.82, 2.24) is 0 Å². The lowest BCUT2D eigenvalue weighted by molar-refractivity contribution is -0.138. The molecule has 4 heteroatoms. The molecule has 0 amide bonds. The highest BCUT2D eigenvalue weighted by atomic mass is 35.5. The van der Waals surface area contributed by atoms with Crippen LogP contribution in [0.4, 0.5) is 5.69 Å². The number of anilines is 1. The van der Waals surface area contributed by atoms with Crippen LogP contribution in [0.1, 0.15) is 25.5 Å². The van der Waals surface area contributed by atoms with Crippen molar-refractivity contribution in [3.8, 4) is 0 Å². The Labute approximate surface area is 112 Å². The summed E-state index contributed by atoms with van der Waals surface area (Å²) in [5.41, 5.74) is 1.79. The molecule has 1 aromatic carbocycles. The summed E-state index contributed by atoms with van der Waals surface area (Å²) in [6, 6.07) is 5.67. The molecule has 0 bridgehead atoms. The maximum atomic E-state index is 11.0. The lowest BCUT2D eigenvalue weighted by Crippen LogP contribution is -2.08. The molecule has 0 saturated carbocycles. The van der Waals surface area contributed by atoms with Crippen LogP contribution in [0.5, 0.6) is 0 Å². The first-order valence-electron chi connectivity index (χ1n) is 5.98. The van der Waals surface area contributed by atoms with Crippen molar-refractivity contribution < 1.29 is 9.53 Å². The summed E-state index contributed by atoms with van der Waals surface area (Å²) in [7, 11) is 0. The normalized spacial score (nSPS) is 18.2. The zero-order valence-corrected chi connectivity index (χ0v) is 11.2. The number of halogens is 1. The molecule has 1 aromatic rings. The summed E-state index contributed by atoms with van der Waals surface area (Å²) in [6.07, 6.45) is 2.85. The van der Waals surface area contributed by atoms with E-state index in [4.69, 9.17) is 16.3 Å². The van der Waals surface area contributed by atoms with E-state index in [0.29, 0.717) is 10.9 Å². The number of esters is 1. The summed E-state index contributed by atoms with van der Waals surface area (Å²) >= 11 is 6.20. The highest BCUT2D eigenvalue weighted by molar-refractivity contribution is 6.33. The van der Waals surface area contributed by atoms with Crippen LogP contribution in [0.3, 0.4) is 0 Å². The molecule has 0 aliphatic carbocycles. The zero-order chi connectivity index (χ0) is 13.1. The van der Waals surface area contributed by atoms with E-state index in [1.165, 1.54) is 6.08 Å². The van der Waals surface area contributed by atoms with Gasteiger partial charge in [-0.3, -0.25) is 0 Å². The van der Waals surface area contributed by atoms with Gasteiger partial charge >= 0.3 is 5.97 Å². The minimum absolute atomic E-state index is 0.307. The van der Waals surface area contributed by atoms with Crippen molar-refractivity contribution in [2.75, 3.05) is 11.9 Å². The molecule has 96 valence electrons. The third kappa shape index (κ3) is 3.05. The van der Waals surface area contributed by atoms with Gasteiger partial charge < -0.3 is 10.1 Å². The Balaban J connectivity index is 2.10. The number of carbonyl (C=O) groups excluding carboxylic acids is 1. The van der Waals surface area contributed by atoms with Gasteiger partial charge in [0.05, 0.1) is 10.7 Å². The molecule has 0 fully saturated rings. The number of cyclic esters (lactones) is 1. The second kappa shape index (κ2) is 5.44. The molecule has 1 atom stereocenters. The number of ether oxygens (including phenoxy) is 1. The van der Waals surface area contributed by atoms with Crippen LogP contribution in [-0.2, 0) is 9.53 Å². The summed E-state index contributed by atoms with van der Waals surface area (Å²) in [6.45, 7) is 5.15. The van der Waals surface area contributed by atoms with E-state index in [0.717, 1.165) is 17.8 Å². The predicted molar refractivity (Wildman–Crippen MR) is 72.8 cm³/mol. The van der Waals surface area contributed by atoms with Crippen LogP contribution in [0.2, 0.25) is 5.02 Å². The molecule has 1 unspecified atom stereocenters.